The average Bonchev–Trinajstić information content (AvgIpc) is 3.04. The van der Waals surface area contributed by atoms with Crippen molar-refractivity contribution in [3.05, 3.63) is 95.7 Å². The van der Waals surface area contributed by atoms with Gasteiger partial charge in [-0.1, -0.05) is 48.5 Å². The predicted octanol–water partition coefficient (Wildman–Crippen LogP) is 6.06. The Balaban J connectivity index is 1.59. The van der Waals surface area contributed by atoms with Gasteiger partial charge in [0.25, 0.3) is 0 Å². The van der Waals surface area contributed by atoms with Gasteiger partial charge >= 0.3 is 6.36 Å². The second-order valence-electron chi connectivity index (χ2n) is 7.82. The van der Waals surface area contributed by atoms with E-state index in [1.54, 1.807) is 12.1 Å². The molecule has 1 aliphatic heterocycles. The first-order valence-corrected chi connectivity index (χ1v) is 10.2. The van der Waals surface area contributed by atoms with Crippen molar-refractivity contribution in [2.45, 2.75) is 25.2 Å². The van der Waals surface area contributed by atoms with E-state index in [4.69, 9.17) is 0 Å². The van der Waals surface area contributed by atoms with E-state index in [9.17, 15) is 18.0 Å². The van der Waals surface area contributed by atoms with Gasteiger partial charge in [0.2, 0.25) is 5.91 Å². The van der Waals surface area contributed by atoms with Gasteiger partial charge in [-0.3, -0.25) is 4.79 Å². The fraction of sp³-hybridized carbons (Fsp3) is 0.160. The smallest absolute Gasteiger partial charge is 0.406 e. The van der Waals surface area contributed by atoms with E-state index >= 15 is 0 Å². The molecule has 32 heavy (non-hydrogen) atoms. The number of aromatic nitrogens is 1. The van der Waals surface area contributed by atoms with Gasteiger partial charge < -0.3 is 14.6 Å². The third kappa shape index (κ3) is 3.93. The molecule has 5 rings (SSSR count). The van der Waals surface area contributed by atoms with E-state index in [1.165, 1.54) is 12.1 Å². The summed E-state index contributed by atoms with van der Waals surface area (Å²) in [6.45, 7) is 0.666. The lowest BCUT2D eigenvalue weighted by molar-refractivity contribution is -0.274. The highest BCUT2D eigenvalue weighted by Gasteiger charge is 2.32. The molecule has 2 heterocycles. The zero-order valence-electron chi connectivity index (χ0n) is 16.9. The van der Waals surface area contributed by atoms with Crippen molar-refractivity contribution in [2.75, 3.05) is 5.32 Å². The summed E-state index contributed by atoms with van der Waals surface area (Å²) < 4.78 is 43.7. The zero-order valence-corrected chi connectivity index (χ0v) is 16.9. The van der Waals surface area contributed by atoms with Crippen LogP contribution in [0.4, 0.5) is 18.9 Å². The average molecular weight is 436 g/mol. The first-order chi connectivity index (χ1) is 15.4. The minimum Gasteiger partial charge on any atom is -0.406 e. The van der Waals surface area contributed by atoms with Crippen molar-refractivity contribution in [1.29, 1.82) is 0 Å². The maximum absolute atomic E-state index is 12.6. The number of anilines is 1. The molecule has 162 valence electrons. The third-order valence-corrected chi connectivity index (χ3v) is 5.69. The maximum Gasteiger partial charge on any atom is 0.573 e. The van der Waals surface area contributed by atoms with Gasteiger partial charge in [-0.2, -0.15) is 0 Å². The van der Waals surface area contributed by atoms with Crippen LogP contribution in [0.1, 0.15) is 29.0 Å². The van der Waals surface area contributed by atoms with E-state index in [0.29, 0.717) is 6.54 Å². The number of alkyl halides is 3. The third-order valence-electron chi connectivity index (χ3n) is 5.69. The summed E-state index contributed by atoms with van der Waals surface area (Å²) in [6, 6.07) is 21.6. The van der Waals surface area contributed by atoms with Crippen LogP contribution in [0.5, 0.6) is 5.75 Å². The summed E-state index contributed by atoms with van der Waals surface area (Å²) >= 11 is 0. The van der Waals surface area contributed by atoms with Crippen LogP contribution in [0.25, 0.3) is 10.9 Å². The Morgan fingerprint density at radius 2 is 1.72 bits per heavy atom. The van der Waals surface area contributed by atoms with Gasteiger partial charge in [0.15, 0.2) is 0 Å². The number of nitrogens with zero attached hydrogens (tertiary/aromatic N) is 1. The van der Waals surface area contributed by atoms with Gasteiger partial charge in [0, 0.05) is 30.5 Å². The van der Waals surface area contributed by atoms with E-state index in [1.807, 2.05) is 42.6 Å². The van der Waals surface area contributed by atoms with Crippen LogP contribution in [-0.4, -0.2) is 16.8 Å². The van der Waals surface area contributed by atoms with Crippen LogP contribution in [-0.2, 0) is 11.3 Å². The van der Waals surface area contributed by atoms with Crippen LogP contribution >= 0.6 is 0 Å². The Labute approximate surface area is 182 Å². The number of amides is 1. The molecular weight excluding hydrogens is 417 g/mol. The molecule has 4 nitrogen and oxygen atoms in total. The Morgan fingerprint density at radius 3 is 2.44 bits per heavy atom. The molecular formula is C25H19F3N2O2. The molecule has 3 aromatic carbocycles. The minimum absolute atomic E-state index is 0.135. The van der Waals surface area contributed by atoms with Crippen molar-refractivity contribution in [2.24, 2.45) is 0 Å². The van der Waals surface area contributed by atoms with Gasteiger partial charge in [-0.25, -0.2) is 0 Å². The van der Waals surface area contributed by atoms with Gasteiger partial charge in [0.1, 0.15) is 5.75 Å². The first kappa shape index (κ1) is 20.2. The molecule has 0 unspecified atom stereocenters. The van der Waals surface area contributed by atoms with Crippen molar-refractivity contribution in [1.82, 2.24) is 4.57 Å². The fourth-order valence-corrected chi connectivity index (χ4v) is 4.36. The molecule has 4 aromatic rings. The number of ether oxygens (including phenoxy) is 1. The lowest BCUT2D eigenvalue weighted by atomic mass is 9.88. The molecule has 0 radical (unpaired) electrons. The Bertz CT molecular complexity index is 1280. The summed E-state index contributed by atoms with van der Waals surface area (Å²) in [7, 11) is 0. The van der Waals surface area contributed by atoms with E-state index < -0.39 is 6.36 Å². The highest BCUT2D eigenvalue weighted by molar-refractivity contribution is 6.06. The summed E-state index contributed by atoms with van der Waals surface area (Å²) in [6.07, 6.45) is -2.51. The monoisotopic (exact) mass is 436 g/mol. The molecule has 0 spiro atoms. The molecule has 0 saturated heterocycles. The molecule has 0 fully saturated rings. The first-order valence-electron chi connectivity index (χ1n) is 10.2. The highest BCUT2D eigenvalue weighted by Crippen LogP contribution is 2.41. The molecule has 0 aliphatic carbocycles. The highest BCUT2D eigenvalue weighted by atomic mass is 19.4. The van der Waals surface area contributed by atoms with Crippen LogP contribution < -0.4 is 10.1 Å². The second kappa shape index (κ2) is 7.75. The predicted molar refractivity (Wildman–Crippen MR) is 116 cm³/mol. The zero-order chi connectivity index (χ0) is 22.3. The number of carbonyl (C=O) groups is 1. The standard InChI is InChI=1S/C25H19F3N2O2/c26-25(27,28)32-18-11-9-17(10-12-18)19-13-23(31)29-21-7-4-8-22-24(21)20(19)15-30(22)14-16-5-2-1-3-6-16/h1-12,15,19H,13-14H2,(H,29,31)/t19-/m0/s1. The van der Waals surface area contributed by atoms with E-state index in [-0.39, 0.29) is 24.0 Å². The number of halogens is 3. The van der Waals surface area contributed by atoms with Gasteiger partial charge in [-0.05, 0) is 41.0 Å². The number of nitrogens with one attached hydrogen (secondary N) is 1. The van der Waals surface area contributed by atoms with Crippen molar-refractivity contribution >= 4 is 22.5 Å². The molecule has 1 N–H and O–H groups in total. The van der Waals surface area contributed by atoms with Crippen molar-refractivity contribution in [3.8, 4) is 5.75 Å². The number of hydrogen-bond acceptors (Lipinski definition) is 2. The maximum atomic E-state index is 12.6. The van der Waals surface area contributed by atoms with E-state index in [2.05, 4.69) is 26.8 Å². The van der Waals surface area contributed by atoms with Crippen LogP contribution in [0.2, 0.25) is 0 Å². The van der Waals surface area contributed by atoms with Crippen molar-refractivity contribution < 1.29 is 22.7 Å². The van der Waals surface area contributed by atoms with Gasteiger partial charge in [-0.15, -0.1) is 13.2 Å². The molecule has 1 atom stereocenters. The summed E-state index contributed by atoms with van der Waals surface area (Å²) in [5, 5.41) is 3.93. The van der Waals surface area contributed by atoms with Crippen LogP contribution in [0, 0.1) is 0 Å². The number of hydrogen-bond donors (Lipinski definition) is 1. The Morgan fingerprint density at radius 1 is 0.969 bits per heavy atom. The summed E-state index contributed by atoms with van der Waals surface area (Å²) in [5.74, 6) is -0.714. The minimum atomic E-state index is -4.75. The fourth-order valence-electron chi connectivity index (χ4n) is 4.36. The molecule has 7 heteroatoms. The largest absolute Gasteiger partial charge is 0.573 e. The quantitative estimate of drug-likeness (QED) is 0.422. The second-order valence-corrected chi connectivity index (χ2v) is 7.82. The molecule has 1 amide bonds. The Kier molecular flexibility index (Phi) is 4.89. The molecule has 1 aromatic heterocycles. The lowest BCUT2D eigenvalue weighted by Crippen LogP contribution is -2.17. The van der Waals surface area contributed by atoms with Crippen LogP contribution in [0.15, 0.2) is 79.0 Å². The molecule has 1 aliphatic rings. The molecule has 0 saturated carbocycles. The Hall–Kier alpha value is -3.74. The van der Waals surface area contributed by atoms with Gasteiger partial charge in [0.05, 0.1) is 11.2 Å². The molecule has 0 bridgehead atoms. The van der Waals surface area contributed by atoms with Crippen molar-refractivity contribution in [3.63, 3.8) is 0 Å². The normalized spacial score (nSPS) is 16.0. The van der Waals surface area contributed by atoms with Crippen LogP contribution in [0.3, 0.4) is 0 Å². The van der Waals surface area contributed by atoms with E-state index in [0.717, 1.165) is 33.3 Å². The number of benzene rings is 3. The topological polar surface area (TPSA) is 43.3 Å². The lowest BCUT2D eigenvalue weighted by Gasteiger charge is -2.16. The number of rotatable bonds is 4. The number of carbonyl (C=O) groups excluding carboxylic acids is 1. The summed E-state index contributed by atoms with van der Waals surface area (Å²) in [5.41, 5.74) is 4.60. The SMILES string of the molecule is O=C1C[C@@H](c2ccc(OC(F)(F)F)cc2)c2cn(Cc3ccccc3)c3cccc(c23)N1. The summed E-state index contributed by atoms with van der Waals surface area (Å²) in [4.78, 5) is 12.6.